The van der Waals surface area contributed by atoms with Gasteiger partial charge in [-0.15, -0.1) is 11.3 Å². The second-order valence-electron chi connectivity index (χ2n) is 4.23. The van der Waals surface area contributed by atoms with Crippen LogP contribution in [0.5, 0.6) is 0 Å². The molecule has 0 spiro atoms. The molecule has 5 heteroatoms. The number of benzene rings is 1. The average Bonchev–Trinajstić information content (AvgIpc) is 2.75. The van der Waals surface area contributed by atoms with Crippen molar-refractivity contribution in [2.45, 2.75) is 19.4 Å². The van der Waals surface area contributed by atoms with E-state index in [1.807, 2.05) is 13.0 Å². The Labute approximate surface area is 120 Å². The van der Waals surface area contributed by atoms with Crippen LogP contribution in [0, 0.1) is 11.6 Å². The summed E-state index contributed by atoms with van der Waals surface area (Å²) in [4.78, 5) is 0.948. The molecule has 0 bridgehead atoms. The fraction of sp³-hybridized carbons (Fsp3) is 0.286. The molecule has 1 aromatic carbocycles. The van der Waals surface area contributed by atoms with Crippen LogP contribution in [0.3, 0.4) is 0 Å². The van der Waals surface area contributed by atoms with Crippen LogP contribution < -0.4 is 5.32 Å². The lowest BCUT2D eigenvalue weighted by molar-refractivity contribution is 0.561. The maximum Gasteiger partial charge on any atom is 0.126 e. The largest absolute Gasteiger partial charge is 0.306 e. The molecule has 1 heterocycles. The first-order chi connectivity index (χ1) is 9.10. The second-order valence-corrected chi connectivity index (χ2v) is 5.98. The Morgan fingerprint density at radius 3 is 2.42 bits per heavy atom. The van der Waals surface area contributed by atoms with Crippen molar-refractivity contribution in [1.82, 2.24) is 5.32 Å². The Hall–Kier alpha value is -0.970. The molecule has 19 heavy (non-hydrogen) atoms. The van der Waals surface area contributed by atoms with Crippen LogP contribution in [0.2, 0.25) is 4.34 Å². The summed E-state index contributed by atoms with van der Waals surface area (Å²) in [7, 11) is 0. The van der Waals surface area contributed by atoms with Crippen molar-refractivity contribution in [1.29, 1.82) is 0 Å². The molecule has 0 fully saturated rings. The summed E-state index contributed by atoms with van der Waals surface area (Å²) in [6, 6.07) is 7.01. The van der Waals surface area contributed by atoms with Gasteiger partial charge in [-0.2, -0.15) is 0 Å². The molecular formula is C14H14ClF2NS. The van der Waals surface area contributed by atoms with Crippen molar-refractivity contribution < 1.29 is 8.78 Å². The van der Waals surface area contributed by atoms with Crippen molar-refractivity contribution in [2.24, 2.45) is 0 Å². The van der Waals surface area contributed by atoms with Gasteiger partial charge in [0.25, 0.3) is 0 Å². The SMILES string of the molecule is CCCNC(c1cc(F)cc(F)c1)c1ccc(Cl)s1. The van der Waals surface area contributed by atoms with Gasteiger partial charge >= 0.3 is 0 Å². The second kappa shape index (κ2) is 6.46. The molecule has 0 saturated heterocycles. The third-order valence-electron chi connectivity index (χ3n) is 2.70. The van der Waals surface area contributed by atoms with Gasteiger partial charge in [-0.1, -0.05) is 18.5 Å². The van der Waals surface area contributed by atoms with Crippen molar-refractivity contribution in [3.8, 4) is 0 Å². The summed E-state index contributed by atoms with van der Waals surface area (Å²) in [5, 5.41) is 3.29. The third-order valence-corrected chi connectivity index (χ3v) is 3.99. The first-order valence-electron chi connectivity index (χ1n) is 6.04. The summed E-state index contributed by atoms with van der Waals surface area (Å²) >= 11 is 7.34. The Bertz CT molecular complexity index is 536. The lowest BCUT2D eigenvalue weighted by atomic mass is 10.0. The lowest BCUT2D eigenvalue weighted by Crippen LogP contribution is -2.22. The predicted octanol–water partition coefficient (Wildman–Crippen LogP) is 4.77. The summed E-state index contributed by atoms with van der Waals surface area (Å²) in [6.45, 7) is 2.80. The summed E-state index contributed by atoms with van der Waals surface area (Å²) in [5.74, 6) is -1.14. The minimum atomic E-state index is -0.569. The smallest absolute Gasteiger partial charge is 0.126 e. The van der Waals surface area contributed by atoms with Crippen LogP contribution in [0.15, 0.2) is 30.3 Å². The molecule has 1 N–H and O–H groups in total. The van der Waals surface area contributed by atoms with Gasteiger partial charge in [-0.3, -0.25) is 0 Å². The zero-order chi connectivity index (χ0) is 13.8. The van der Waals surface area contributed by atoms with Crippen LogP contribution in [-0.2, 0) is 0 Å². The lowest BCUT2D eigenvalue weighted by Gasteiger charge is -2.18. The molecule has 0 aliphatic carbocycles. The predicted molar refractivity (Wildman–Crippen MR) is 75.8 cm³/mol. The molecular weight excluding hydrogens is 288 g/mol. The molecule has 0 aliphatic rings. The van der Waals surface area contributed by atoms with Gasteiger partial charge in [-0.25, -0.2) is 8.78 Å². The van der Waals surface area contributed by atoms with Crippen LogP contribution in [0.25, 0.3) is 0 Å². The Kier molecular flexibility index (Phi) is 4.91. The van der Waals surface area contributed by atoms with Gasteiger partial charge in [0.1, 0.15) is 11.6 Å². The van der Waals surface area contributed by atoms with Crippen LogP contribution in [-0.4, -0.2) is 6.54 Å². The quantitative estimate of drug-likeness (QED) is 0.839. The van der Waals surface area contributed by atoms with Crippen LogP contribution in [0.1, 0.15) is 29.8 Å². The maximum atomic E-state index is 13.3. The van der Waals surface area contributed by atoms with E-state index in [2.05, 4.69) is 5.32 Å². The summed E-state index contributed by atoms with van der Waals surface area (Å²) in [6.07, 6.45) is 0.938. The topological polar surface area (TPSA) is 12.0 Å². The molecule has 0 radical (unpaired) electrons. The number of halogens is 3. The van der Waals surface area contributed by atoms with Crippen molar-refractivity contribution in [3.63, 3.8) is 0 Å². The van der Waals surface area contributed by atoms with Gasteiger partial charge in [-0.05, 0) is 42.8 Å². The fourth-order valence-electron chi connectivity index (χ4n) is 1.90. The Balaban J connectivity index is 2.36. The minimum Gasteiger partial charge on any atom is -0.306 e. The minimum absolute atomic E-state index is 0.234. The zero-order valence-corrected chi connectivity index (χ0v) is 12.0. The summed E-state index contributed by atoms with van der Waals surface area (Å²) < 4.78 is 27.3. The van der Waals surface area contributed by atoms with Gasteiger partial charge in [0, 0.05) is 10.9 Å². The monoisotopic (exact) mass is 301 g/mol. The molecule has 0 aliphatic heterocycles. The molecule has 1 aromatic heterocycles. The third kappa shape index (κ3) is 3.75. The number of nitrogens with one attached hydrogen (secondary N) is 1. The maximum absolute atomic E-state index is 13.3. The van der Waals surface area contributed by atoms with E-state index >= 15 is 0 Å². The molecule has 2 aromatic rings. The van der Waals surface area contributed by atoms with Gasteiger partial charge in [0.2, 0.25) is 0 Å². The first kappa shape index (κ1) is 14.4. The highest BCUT2D eigenvalue weighted by Gasteiger charge is 2.17. The number of thiophene rings is 1. The zero-order valence-electron chi connectivity index (χ0n) is 10.4. The highest BCUT2D eigenvalue weighted by atomic mass is 35.5. The van der Waals surface area contributed by atoms with E-state index in [1.54, 1.807) is 6.07 Å². The normalized spacial score (nSPS) is 12.6. The average molecular weight is 302 g/mol. The van der Waals surface area contributed by atoms with E-state index < -0.39 is 11.6 Å². The molecule has 1 nitrogen and oxygen atoms in total. The van der Waals surface area contributed by atoms with Gasteiger partial charge < -0.3 is 5.32 Å². The van der Waals surface area contributed by atoms with Crippen molar-refractivity contribution >= 4 is 22.9 Å². The number of rotatable bonds is 5. The Morgan fingerprint density at radius 2 is 1.89 bits per heavy atom. The van der Waals surface area contributed by atoms with Gasteiger partial charge in [0.15, 0.2) is 0 Å². The molecule has 1 unspecified atom stereocenters. The van der Waals surface area contributed by atoms with E-state index in [9.17, 15) is 8.78 Å². The fourth-order valence-corrected chi connectivity index (χ4v) is 3.06. The molecule has 0 saturated carbocycles. The molecule has 2 rings (SSSR count). The van der Waals surface area contributed by atoms with Crippen LogP contribution >= 0.6 is 22.9 Å². The first-order valence-corrected chi connectivity index (χ1v) is 7.24. The van der Waals surface area contributed by atoms with Crippen LogP contribution in [0.4, 0.5) is 8.78 Å². The van der Waals surface area contributed by atoms with E-state index in [0.29, 0.717) is 9.90 Å². The van der Waals surface area contributed by atoms with E-state index in [0.717, 1.165) is 23.9 Å². The molecule has 0 amide bonds. The Morgan fingerprint density at radius 1 is 1.21 bits per heavy atom. The van der Waals surface area contributed by atoms with Crippen molar-refractivity contribution in [3.05, 3.63) is 56.7 Å². The van der Waals surface area contributed by atoms with E-state index in [1.165, 1.54) is 23.5 Å². The molecule has 1 atom stereocenters. The van der Waals surface area contributed by atoms with E-state index in [-0.39, 0.29) is 6.04 Å². The van der Waals surface area contributed by atoms with Crippen molar-refractivity contribution in [2.75, 3.05) is 6.54 Å². The number of hydrogen-bond donors (Lipinski definition) is 1. The summed E-state index contributed by atoms with van der Waals surface area (Å²) in [5.41, 5.74) is 0.574. The van der Waals surface area contributed by atoms with Gasteiger partial charge in [0.05, 0.1) is 10.4 Å². The highest BCUT2D eigenvalue weighted by molar-refractivity contribution is 7.16. The number of hydrogen-bond acceptors (Lipinski definition) is 2. The molecule has 102 valence electrons. The van der Waals surface area contributed by atoms with E-state index in [4.69, 9.17) is 11.6 Å². The standard InChI is InChI=1S/C14H14ClF2NS/c1-2-5-18-14(12-3-4-13(15)19-12)9-6-10(16)8-11(17)7-9/h3-4,6-8,14,18H,2,5H2,1H3. The highest BCUT2D eigenvalue weighted by Crippen LogP contribution is 2.31.